The van der Waals surface area contributed by atoms with E-state index < -0.39 is 5.54 Å². The van der Waals surface area contributed by atoms with Gasteiger partial charge in [0.25, 0.3) is 5.91 Å². The Hall–Kier alpha value is -1.99. The van der Waals surface area contributed by atoms with Gasteiger partial charge in [0.15, 0.2) is 0 Å². The Kier molecular flexibility index (Phi) is 5.06. The number of ether oxygens (including phenoxy) is 2. The molecule has 2 aromatic heterocycles. The summed E-state index contributed by atoms with van der Waals surface area (Å²) in [6, 6.07) is 3.35. The molecule has 0 spiro atoms. The van der Waals surface area contributed by atoms with Crippen molar-refractivity contribution in [2.24, 2.45) is 0 Å². The molecule has 0 saturated carbocycles. The second kappa shape index (κ2) is 7.09. The van der Waals surface area contributed by atoms with E-state index in [1.165, 1.54) is 0 Å². The molecule has 134 valence electrons. The zero-order chi connectivity index (χ0) is 18.0. The number of rotatable bonds is 5. The molecule has 1 saturated heterocycles. The maximum atomic E-state index is 12.7. The van der Waals surface area contributed by atoms with E-state index in [9.17, 15) is 4.79 Å². The van der Waals surface area contributed by atoms with Crippen molar-refractivity contribution in [3.05, 3.63) is 39.5 Å². The molecule has 1 fully saturated rings. The summed E-state index contributed by atoms with van der Waals surface area (Å²) in [5.41, 5.74) is 0.965. The summed E-state index contributed by atoms with van der Waals surface area (Å²) in [6.07, 6.45) is 2.43. The standard InChI is InChI=1S/C18H23N3O3S/c1-11-12(2)25-17(20-11)18(3,4)21-16(22)13-5-7-19-15(9-13)24-14-6-8-23-10-14/h5,7,9,14H,6,8,10H2,1-4H3,(H,21,22). The summed E-state index contributed by atoms with van der Waals surface area (Å²) >= 11 is 1.61. The van der Waals surface area contributed by atoms with Gasteiger partial charge in [-0.05, 0) is 33.8 Å². The van der Waals surface area contributed by atoms with Crippen LogP contribution in [-0.4, -0.2) is 35.2 Å². The molecule has 0 aromatic carbocycles. The van der Waals surface area contributed by atoms with Gasteiger partial charge in [0.1, 0.15) is 11.1 Å². The van der Waals surface area contributed by atoms with E-state index in [0.717, 1.165) is 22.0 Å². The van der Waals surface area contributed by atoms with E-state index >= 15 is 0 Å². The Balaban J connectivity index is 1.71. The average Bonchev–Trinajstić information content (AvgIpc) is 3.18. The van der Waals surface area contributed by atoms with Crippen molar-refractivity contribution in [2.45, 2.75) is 45.8 Å². The van der Waals surface area contributed by atoms with Crippen LogP contribution in [0.1, 0.15) is 46.2 Å². The maximum Gasteiger partial charge on any atom is 0.252 e. The molecule has 3 heterocycles. The van der Waals surface area contributed by atoms with Crippen molar-refractivity contribution in [1.29, 1.82) is 0 Å². The first kappa shape index (κ1) is 17.8. The van der Waals surface area contributed by atoms with Crippen LogP contribution in [0.25, 0.3) is 0 Å². The van der Waals surface area contributed by atoms with Crippen LogP contribution in [-0.2, 0) is 10.3 Å². The topological polar surface area (TPSA) is 73.3 Å². The van der Waals surface area contributed by atoms with Crippen LogP contribution in [0, 0.1) is 13.8 Å². The lowest BCUT2D eigenvalue weighted by Crippen LogP contribution is -2.41. The van der Waals surface area contributed by atoms with Crippen LogP contribution >= 0.6 is 11.3 Å². The summed E-state index contributed by atoms with van der Waals surface area (Å²) in [5, 5.41) is 3.94. The summed E-state index contributed by atoms with van der Waals surface area (Å²) in [6.45, 7) is 9.19. The quantitative estimate of drug-likeness (QED) is 0.886. The molecule has 7 heteroatoms. The largest absolute Gasteiger partial charge is 0.472 e. The lowest BCUT2D eigenvalue weighted by atomic mass is 10.1. The minimum absolute atomic E-state index is 0.00326. The molecule has 0 radical (unpaired) electrons. The number of aryl methyl sites for hydroxylation is 2. The minimum atomic E-state index is -0.551. The molecule has 1 unspecified atom stereocenters. The molecule has 3 rings (SSSR count). The van der Waals surface area contributed by atoms with Crippen molar-refractivity contribution < 1.29 is 14.3 Å². The second-order valence-electron chi connectivity index (χ2n) is 6.73. The lowest BCUT2D eigenvalue weighted by molar-refractivity contribution is 0.0910. The zero-order valence-corrected chi connectivity index (χ0v) is 15.8. The van der Waals surface area contributed by atoms with Gasteiger partial charge in [-0.3, -0.25) is 4.79 Å². The number of carbonyl (C=O) groups is 1. The molecule has 1 N–H and O–H groups in total. The maximum absolute atomic E-state index is 12.7. The highest BCUT2D eigenvalue weighted by Crippen LogP contribution is 2.27. The van der Waals surface area contributed by atoms with Crippen molar-refractivity contribution >= 4 is 17.2 Å². The fraction of sp³-hybridized carbons (Fsp3) is 0.500. The molecular weight excluding hydrogens is 338 g/mol. The normalized spacial score (nSPS) is 17.5. The third-order valence-corrected chi connectivity index (χ3v) is 5.56. The third-order valence-electron chi connectivity index (χ3n) is 4.16. The smallest absolute Gasteiger partial charge is 0.252 e. The molecule has 0 aliphatic carbocycles. The molecule has 1 atom stereocenters. The van der Waals surface area contributed by atoms with Crippen LogP contribution in [0.15, 0.2) is 18.3 Å². The molecule has 1 amide bonds. The van der Waals surface area contributed by atoms with Crippen molar-refractivity contribution in [3.63, 3.8) is 0 Å². The van der Waals surface area contributed by atoms with E-state index in [-0.39, 0.29) is 12.0 Å². The fourth-order valence-corrected chi connectivity index (χ4v) is 3.51. The number of thiazole rings is 1. The summed E-state index contributed by atoms with van der Waals surface area (Å²) in [4.78, 5) is 22.6. The molecule has 1 aliphatic heterocycles. The van der Waals surface area contributed by atoms with Crippen LogP contribution in [0.5, 0.6) is 5.88 Å². The SMILES string of the molecule is Cc1nc(C(C)(C)NC(=O)c2ccnc(OC3CCOC3)c2)sc1C. The Labute approximate surface area is 151 Å². The van der Waals surface area contributed by atoms with Gasteiger partial charge in [-0.25, -0.2) is 9.97 Å². The number of pyridine rings is 1. The Morgan fingerprint density at radius 1 is 1.44 bits per heavy atom. The number of hydrogen-bond donors (Lipinski definition) is 1. The Morgan fingerprint density at radius 2 is 2.24 bits per heavy atom. The second-order valence-corrected chi connectivity index (χ2v) is 7.93. The molecule has 2 aromatic rings. The first-order valence-corrected chi connectivity index (χ1v) is 9.14. The van der Waals surface area contributed by atoms with Crippen molar-refractivity contribution in [2.75, 3.05) is 13.2 Å². The Morgan fingerprint density at radius 3 is 2.88 bits per heavy atom. The number of aromatic nitrogens is 2. The highest BCUT2D eigenvalue weighted by atomic mass is 32.1. The highest BCUT2D eigenvalue weighted by molar-refractivity contribution is 7.11. The van der Waals surface area contributed by atoms with E-state index in [1.807, 2.05) is 27.7 Å². The molecule has 1 aliphatic rings. The Bertz CT molecular complexity index is 747. The predicted octanol–water partition coefficient (Wildman–Crippen LogP) is 2.99. The predicted molar refractivity (Wildman–Crippen MR) is 96.2 cm³/mol. The van der Waals surface area contributed by atoms with Gasteiger partial charge in [0.05, 0.1) is 24.4 Å². The van der Waals surface area contributed by atoms with Gasteiger partial charge in [0, 0.05) is 29.1 Å². The summed E-state index contributed by atoms with van der Waals surface area (Å²) in [7, 11) is 0. The van der Waals surface area contributed by atoms with Gasteiger partial charge in [0.2, 0.25) is 5.88 Å². The number of nitrogens with zero attached hydrogens (tertiary/aromatic N) is 2. The van der Waals surface area contributed by atoms with Gasteiger partial charge in [-0.15, -0.1) is 11.3 Å². The van der Waals surface area contributed by atoms with Crippen LogP contribution in [0.3, 0.4) is 0 Å². The van der Waals surface area contributed by atoms with E-state index in [4.69, 9.17) is 9.47 Å². The van der Waals surface area contributed by atoms with Gasteiger partial charge in [-0.1, -0.05) is 0 Å². The first-order valence-electron chi connectivity index (χ1n) is 8.32. The van der Waals surface area contributed by atoms with E-state index in [1.54, 1.807) is 29.7 Å². The fourth-order valence-electron chi connectivity index (χ4n) is 2.54. The zero-order valence-electron chi connectivity index (χ0n) is 15.0. The number of carbonyl (C=O) groups excluding carboxylic acids is 1. The van der Waals surface area contributed by atoms with Crippen LogP contribution < -0.4 is 10.1 Å². The third kappa shape index (κ3) is 4.16. The van der Waals surface area contributed by atoms with Crippen molar-refractivity contribution in [3.8, 4) is 5.88 Å². The lowest BCUT2D eigenvalue weighted by Gasteiger charge is -2.24. The summed E-state index contributed by atoms with van der Waals surface area (Å²) in [5.74, 6) is 0.271. The molecule has 6 nitrogen and oxygen atoms in total. The molecular formula is C18H23N3O3S. The number of nitrogens with one attached hydrogen (secondary N) is 1. The number of hydrogen-bond acceptors (Lipinski definition) is 6. The average molecular weight is 361 g/mol. The van der Waals surface area contributed by atoms with E-state index in [0.29, 0.717) is 24.7 Å². The van der Waals surface area contributed by atoms with Crippen LogP contribution in [0.4, 0.5) is 0 Å². The first-order chi connectivity index (χ1) is 11.8. The monoisotopic (exact) mass is 361 g/mol. The molecule has 25 heavy (non-hydrogen) atoms. The van der Waals surface area contributed by atoms with Crippen molar-refractivity contribution in [1.82, 2.24) is 15.3 Å². The highest BCUT2D eigenvalue weighted by Gasteiger charge is 2.28. The summed E-state index contributed by atoms with van der Waals surface area (Å²) < 4.78 is 11.1. The van der Waals surface area contributed by atoms with Gasteiger partial charge >= 0.3 is 0 Å². The van der Waals surface area contributed by atoms with Gasteiger partial charge < -0.3 is 14.8 Å². The molecule has 0 bridgehead atoms. The minimum Gasteiger partial charge on any atom is -0.472 e. The van der Waals surface area contributed by atoms with Gasteiger partial charge in [-0.2, -0.15) is 0 Å². The van der Waals surface area contributed by atoms with E-state index in [2.05, 4.69) is 15.3 Å². The number of amides is 1. The van der Waals surface area contributed by atoms with Crippen LogP contribution in [0.2, 0.25) is 0 Å².